The van der Waals surface area contributed by atoms with E-state index < -0.39 is 30.7 Å². The lowest BCUT2D eigenvalue weighted by Crippen LogP contribution is -2.58. The molecule has 1 aromatic rings. The van der Waals surface area contributed by atoms with E-state index in [-0.39, 0.29) is 13.2 Å². The molecule has 0 amide bonds. The maximum absolute atomic E-state index is 10.3. The van der Waals surface area contributed by atoms with Crippen molar-refractivity contribution in [2.45, 2.75) is 44.2 Å². The van der Waals surface area contributed by atoms with Gasteiger partial charge in [-0.2, -0.15) is 0 Å². The Morgan fingerprint density at radius 1 is 1.17 bits per heavy atom. The molecule has 0 unspecified atom stereocenters. The lowest BCUT2D eigenvalue weighted by Gasteiger charge is -2.41. The van der Waals surface area contributed by atoms with Gasteiger partial charge >= 0.3 is 0 Å². The molecule has 2 rings (SSSR count). The summed E-state index contributed by atoms with van der Waals surface area (Å²) in [6.45, 7) is 5.79. The third kappa shape index (κ3) is 4.53. The SMILES string of the molecule is C=CCO[C@H]1O[C@H](C)[C@H](O)[C@H](O)[C@H]1OCc1ccc(OC)cc1. The van der Waals surface area contributed by atoms with Crippen molar-refractivity contribution in [3.8, 4) is 5.75 Å². The molecular weight excluding hydrogens is 300 g/mol. The zero-order valence-corrected chi connectivity index (χ0v) is 13.4. The normalized spacial score (nSPS) is 30.9. The molecule has 6 nitrogen and oxygen atoms in total. The van der Waals surface area contributed by atoms with E-state index in [1.165, 1.54) is 0 Å². The largest absolute Gasteiger partial charge is 0.497 e. The molecule has 1 saturated heterocycles. The minimum Gasteiger partial charge on any atom is -0.497 e. The van der Waals surface area contributed by atoms with Gasteiger partial charge in [-0.25, -0.2) is 0 Å². The van der Waals surface area contributed by atoms with Crippen LogP contribution in [-0.2, 0) is 20.8 Å². The molecule has 1 heterocycles. The molecule has 2 N–H and O–H groups in total. The van der Waals surface area contributed by atoms with Crippen LogP contribution >= 0.6 is 0 Å². The van der Waals surface area contributed by atoms with E-state index in [4.69, 9.17) is 18.9 Å². The third-order valence-electron chi connectivity index (χ3n) is 3.76. The summed E-state index contributed by atoms with van der Waals surface area (Å²) >= 11 is 0. The average molecular weight is 324 g/mol. The number of methoxy groups -OCH3 is 1. The molecule has 0 radical (unpaired) electrons. The van der Waals surface area contributed by atoms with Crippen molar-refractivity contribution in [1.29, 1.82) is 0 Å². The summed E-state index contributed by atoms with van der Waals surface area (Å²) in [5.74, 6) is 0.756. The maximum Gasteiger partial charge on any atom is 0.187 e. The van der Waals surface area contributed by atoms with Gasteiger partial charge in [0.15, 0.2) is 6.29 Å². The van der Waals surface area contributed by atoms with Gasteiger partial charge in [0.1, 0.15) is 24.1 Å². The Hall–Kier alpha value is -1.44. The molecule has 128 valence electrons. The summed E-state index contributed by atoms with van der Waals surface area (Å²) < 4.78 is 21.9. The van der Waals surface area contributed by atoms with E-state index >= 15 is 0 Å². The molecule has 0 aromatic heterocycles. The molecular formula is C17H24O6. The third-order valence-corrected chi connectivity index (χ3v) is 3.76. The highest BCUT2D eigenvalue weighted by molar-refractivity contribution is 5.26. The second kappa shape index (κ2) is 8.42. The van der Waals surface area contributed by atoms with Gasteiger partial charge in [0.25, 0.3) is 0 Å². The van der Waals surface area contributed by atoms with Gasteiger partial charge < -0.3 is 29.2 Å². The fourth-order valence-electron chi connectivity index (χ4n) is 2.39. The minimum atomic E-state index is -1.09. The highest BCUT2D eigenvalue weighted by atomic mass is 16.7. The van der Waals surface area contributed by atoms with Crippen LogP contribution < -0.4 is 4.74 Å². The number of hydrogen-bond acceptors (Lipinski definition) is 6. The Bertz CT molecular complexity index is 488. The lowest BCUT2D eigenvalue weighted by atomic mass is 10.00. The van der Waals surface area contributed by atoms with Crippen molar-refractivity contribution in [2.24, 2.45) is 0 Å². The molecule has 0 spiro atoms. The Morgan fingerprint density at radius 2 is 1.87 bits per heavy atom. The smallest absolute Gasteiger partial charge is 0.187 e. The first-order chi connectivity index (χ1) is 11.1. The van der Waals surface area contributed by atoms with E-state index in [0.29, 0.717) is 0 Å². The van der Waals surface area contributed by atoms with Crippen LogP contribution in [0.25, 0.3) is 0 Å². The molecule has 1 aromatic carbocycles. The predicted molar refractivity (Wildman–Crippen MR) is 84.1 cm³/mol. The van der Waals surface area contributed by atoms with Crippen LogP contribution in [0.3, 0.4) is 0 Å². The molecule has 1 aliphatic heterocycles. The fraction of sp³-hybridized carbons (Fsp3) is 0.529. The monoisotopic (exact) mass is 324 g/mol. The number of ether oxygens (including phenoxy) is 4. The zero-order chi connectivity index (χ0) is 16.8. The minimum absolute atomic E-state index is 0.254. The number of benzene rings is 1. The highest BCUT2D eigenvalue weighted by Gasteiger charge is 2.44. The van der Waals surface area contributed by atoms with Crippen LogP contribution in [0.1, 0.15) is 12.5 Å². The molecule has 5 atom stereocenters. The number of hydrogen-bond donors (Lipinski definition) is 2. The van der Waals surface area contributed by atoms with Crippen molar-refractivity contribution < 1.29 is 29.2 Å². The second-order valence-electron chi connectivity index (χ2n) is 5.44. The van der Waals surface area contributed by atoms with Crippen molar-refractivity contribution in [3.63, 3.8) is 0 Å². The summed E-state index contributed by atoms with van der Waals surface area (Å²) in [4.78, 5) is 0. The standard InChI is InChI=1S/C17H24O6/c1-4-9-21-17-16(15(19)14(18)11(2)23-17)22-10-12-5-7-13(20-3)8-6-12/h4-8,11,14-19H,1,9-10H2,2-3H3/t11-,14+,15+,16-,17+/m1/s1. The van der Waals surface area contributed by atoms with Crippen molar-refractivity contribution >= 4 is 0 Å². The summed E-state index contributed by atoms with van der Waals surface area (Å²) in [6, 6.07) is 7.39. The van der Waals surface area contributed by atoms with Crippen LogP contribution in [0.15, 0.2) is 36.9 Å². The van der Waals surface area contributed by atoms with E-state index in [0.717, 1.165) is 11.3 Å². The van der Waals surface area contributed by atoms with Gasteiger partial charge in [-0.15, -0.1) is 6.58 Å². The number of rotatable bonds is 7. The first-order valence-corrected chi connectivity index (χ1v) is 7.55. The molecule has 0 saturated carbocycles. The van der Waals surface area contributed by atoms with E-state index in [1.807, 2.05) is 24.3 Å². The lowest BCUT2D eigenvalue weighted by molar-refractivity contribution is -0.302. The number of aliphatic hydroxyl groups excluding tert-OH is 2. The second-order valence-corrected chi connectivity index (χ2v) is 5.44. The van der Waals surface area contributed by atoms with E-state index in [2.05, 4.69) is 6.58 Å². The van der Waals surface area contributed by atoms with Crippen molar-refractivity contribution in [1.82, 2.24) is 0 Å². The van der Waals surface area contributed by atoms with Gasteiger partial charge in [-0.1, -0.05) is 18.2 Å². The highest BCUT2D eigenvalue weighted by Crippen LogP contribution is 2.25. The molecule has 0 aliphatic carbocycles. The van der Waals surface area contributed by atoms with Crippen molar-refractivity contribution in [3.05, 3.63) is 42.5 Å². The Kier molecular flexibility index (Phi) is 6.56. The molecule has 1 fully saturated rings. The number of aliphatic hydroxyl groups is 2. The maximum atomic E-state index is 10.3. The van der Waals surface area contributed by atoms with Crippen LogP contribution in [0.5, 0.6) is 5.75 Å². The molecule has 23 heavy (non-hydrogen) atoms. The van der Waals surface area contributed by atoms with Gasteiger partial charge in [0.2, 0.25) is 0 Å². The fourth-order valence-corrected chi connectivity index (χ4v) is 2.39. The zero-order valence-electron chi connectivity index (χ0n) is 13.4. The molecule has 6 heteroatoms. The van der Waals surface area contributed by atoms with E-state index in [9.17, 15) is 10.2 Å². The van der Waals surface area contributed by atoms with Gasteiger partial charge in [0, 0.05) is 0 Å². The molecule has 0 bridgehead atoms. The van der Waals surface area contributed by atoms with Gasteiger partial charge in [-0.3, -0.25) is 0 Å². The Balaban J connectivity index is 2.01. The van der Waals surface area contributed by atoms with Gasteiger partial charge in [0.05, 0.1) is 26.4 Å². The van der Waals surface area contributed by atoms with Crippen LogP contribution in [0, 0.1) is 0 Å². The van der Waals surface area contributed by atoms with Crippen LogP contribution in [0.4, 0.5) is 0 Å². The Labute approximate surface area is 136 Å². The van der Waals surface area contributed by atoms with Crippen LogP contribution in [-0.4, -0.2) is 54.6 Å². The quantitative estimate of drug-likeness (QED) is 0.735. The Morgan fingerprint density at radius 3 is 2.48 bits per heavy atom. The van der Waals surface area contributed by atoms with Gasteiger partial charge in [-0.05, 0) is 24.6 Å². The summed E-state index contributed by atoms with van der Waals surface area (Å²) in [7, 11) is 1.60. The first-order valence-electron chi connectivity index (χ1n) is 7.55. The first kappa shape index (κ1) is 17.9. The molecule has 1 aliphatic rings. The summed E-state index contributed by atoms with van der Waals surface area (Å²) in [6.07, 6.45) is -2.62. The van der Waals surface area contributed by atoms with Crippen LogP contribution in [0.2, 0.25) is 0 Å². The predicted octanol–water partition coefficient (Wildman–Crippen LogP) is 1.25. The van der Waals surface area contributed by atoms with E-state index in [1.54, 1.807) is 20.1 Å². The summed E-state index contributed by atoms with van der Waals surface area (Å²) in [5.41, 5.74) is 0.911. The summed E-state index contributed by atoms with van der Waals surface area (Å²) in [5, 5.41) is 20.2. The average Bonchev–Trinajstić information content (AvgIpc) is 2.57. The topological polar surface area (TPSA) is 77.4 Å². The van der Waals surface area contributed by atoms with Crippen molar-refractivity contribution in [2.75, 3.05) is 13.7 Å².